The second kappa shape index (κ2) is 4.24. The van der Waals surface area contributed by atoms with Gasteiger partial charge in [0.2, 0.25) is 0 Å². The zero-order valence-corrected chi connectivity index (χ0v) is 10.7. The molecular formula is C12H18BNO3. The molecule has 4 nitrogen and oxygen atoms in total. The maximum Gasteiger partial charge on any atom is 0.498 e. The van der Waals surface area contributed by atoms with Crippen molar-refractivity contribution in [3.63, 3.8) is 0 Å². The van der Waals surface area contributed by atoms with Crippen LogP contribution in [0, 0.1) is 0 Å². The monoisotopic (exact) mass is 235 g/mol. The number of anilines is 1. The predicted molar refractivity (Wildman–Crippen MR) is 68.5 cm³/mol. The Hall–Kier alpha value is -1.20. The van der Waals surface area contributed by atoms with Crippen LogP contribution < -0.4 is 15.9 Å². The Bertz CT molecular complexity index is 422. The summed E-state index contributed by atoms with van der Waals surface area (Å²) >= 11 is 0. The summed E-state index contributed by atoms with van der Waals surface area (Å²) in [6.45, 7) is 6.02. The lowest BCUT2D eigenvalue weighted by atomic mass is 9.78. The van der Waals surface area contributed by atoms with E-state index in [9.17, 15) is 0 Å². The van der Waals surface area contributed by atoms with Crippen molar-refractivity contribution in [1.82, 2.24) is 0 Å². The van der Waals surface area contributed by atoms with Gasteiger partial charge in [0, 0.05) is 5.46 Å². The summed E-state index contributed by atoms with van der Waals surface area (Å²) in [5.74, 6) is 0.627. The van der Waals surface area contributed by atoms with E-state index < -0.39 is 7.12 Å². The Balaban J connectivity index is 2.33. The third-order valence-electron chi connectivity index (χ3n) is 3.25. The number of rotatable bonds is 2. The van der Waals surface area contributed by atoms with E-state index in [1.165, 1.54) is 0 Å². The van der Waals surface area contributed by atoms with Crippen LogP contribution in [-0.2, 0) is 9.31 Å². The van der Waals surface area contributed by atoms with Crippen LogP contribution in [0.4, 0.5) is 5.69 Å². The van der Waals surface area contributed by atoms with Gasteiger partial charge in [0.25, 0.3) is 0 Å². The minimum atomic E-state index is -0.418. The molecule has 1 fully saturated rings. The van der Waals surface area contributed by atoms with Crippen LogP contribution in [0.15, 0.2) is 18.2 Å². The van der Waals surface area contributed by atoms with Crippen LogP contribution in [0.2, 0.25) is 0 Å². The van der Waals surface area contributed by atoms with Gasteiger partial charge >= 0.3 is 7.12 Å². The number of methoxy groups -OCH3 is 1. The fraction of sp³-hybridized carbons (Fsp3) is 0.500. The van der Waals surface area contributed by atoms with Crippen molar-refractivity contribution in [2.45, 2.75) is 32.5 Å². The number of nitrogens with two attached hydrogens (primary N) is 1. The van der Waals surface area contributed by atoms with Gasteiger partial charge in [-0.25, -0.2) is 0 Å². The molecule has 0 spiro atoms. The van der Waals surface area contributed by atoms with E-state index in [2.05, 4.69) is 0 Å². The molecule has 0 bridgehead atoms. The third-order valence-corrected chi connectivity index (χ3v) is 3.25. The highest BCUT2D eigenvalue weighted by Gasteiger charge is 2.45. The molecule has 1 aliphatic rings. The largest absolute Gasteiger partial charge is 0.498 e. The van der Waals surface area contributed by atoms with Crippen molar-refractivity contribution in [1.29, 1.82) is 0 Å². The molecule has 1 aromatic carbocycles. The molecule has 17 heavy (non-hydrogen) atoms. The van der Waals surface area contributed by atoms with Gasteiger partial charge < -0.3 is 19.8 Å². The summed E-state index contributed by atoms with van der Waals surface area (Å²) in [6, 6.07) is 5.58. The van der Waals surface area contributed by atoms with E-state index >= 15 is 0 Å². The van der Waals surface area contributed by atoms with Gasteiger partial charge in [-0.1, -0.05) is 12.1 Å². The predicted octanol–water partition coefficient (Wildman–Crippen LogP) is 1.19. The topological polar surface area (TPSA) is 53.7 Å². The molecule has 0 aromatic heterocycles. The molecule has 2 rings (SSSR count). The van der Waals surface area contributed by atoms with E-state index in [4.69, 9.17) is 19.8 Å². The summed E-state index contributed by atoms with van der Waals surface area (Å²) in [5.41, 5.74) is 6.99. The van der Waals surface area contributed by atoms with Crippen LogP contribution in [-0.4, -0.2) is 25.9 Å². The summed E-state index contributed by atoms with van der Waals surface area (Å²) < 4.78 is 17.0. The number of ether oxygens (including phenoxy) is 1. The number of benzene rings is 1. The molecule has 2 N–H and O–H groups in total. The Morgan fingerprint density at radius 2 is 2.12 bits per heavy atom. The number of nitrogen functional groups attached to an aromatic ring is 1. The third kappa shape index (κ3) is 2.12. The van der Waals surface area contributed by atoms with Crippen LogP contribution in [0.1, 0.15) is 20.8 Å². The van der Waals surface area contributed by atoms with Crippen molar-refractivity contribution < 1.29 is 14.0 Å². The average molecular weight is 235 g/mol. The molecular weight excluding hydrogens is 217 g/mol. The second-order valence-electron chi connectivity index (χ2n) is 4.80. The summed E-state index contributed by atoms with van der Waals surface area (Å²) in [5, 5.41) is 0. The Kier molecular flexibility index (Phi) is 3.06. The maximum absolute atomic E-state index is 5.89. The minimum Gasteiger partial charge on any atom is -0.495 e. The van der Waals surface area contributed by atoms with Crippen LogP contribution in [0.3, 0.4) is 0 Å². The van der Waals surface area contributed by atoms with Crippen molar-refractivity contribution in [2.75, 3.05) is 12.8 Å². The zero-order valence-electron chi connectivity index (χ0n) is 10.7. The van der Waals surface area contributed by atoms with E-state index in [0.717, 1.165) is 5.46 Å². The van der Waals surface area contributed by atoms with Gasteiger partial charge in [0.1, 0.15) is 5.75 Å². The molecule has 1 heterocycles. The molecule has 1 aliphatic heterocycles. The first-order chi connectivity index (χ1) is 7.95. The Morgan fingerprint density at radius 1 is 1.41 bits per heavy atom. The number of hydrogen-bond donors (Lipinski definition) is 1. The Labute approximate surface area is 102 Å². The second-order valence-corrected chi connectivity index (χ2v) is 4.80. The highest BCUT2D eigenvalue weighted by atomic mass is 16.7. The molecule has 0 radical (unpaired) electrons. The maximum atomic E-state index is 5.89. The molecule has 1 unspecified atom stereocenters. The zero-order chi connectivity index (χ0) is 12.6. The van der Waals surface area contributed by atoms with E-state index in [1.807, 2.05) is 32.9 Å². The van der Waals surface area contributed by atoms with Crippen molar-refractivity contribution in [3.05, 3.63) is 18.2 Å². The van der Waals surface area contributed by atoms with Crippen molar-refractivity contribution >= 4 is 18.3 Å². The molecule has 1 aromatic rings. The molecule has 0 saturated carbocycles. The van der Waals surface area contributed by atoms with Crippen LogP contribution in [0.5, 0.6) is 5.75 Å². The lowest BCUT2D eigenvalue weighted by molar-refractivity contribution is 0.0842. The normalized spacial score (nSPS) is 22.8. The summed E-state index contributed by atoms with van der Waals surface area (Å²) in [6.07, 6.45) is 0.0265. The summed E-state index contributed by atoms with van der Waals surface area (Å²) in [4.78, 5) is 0. The smallest absolute Gasteiger partial charge is 0.495 e. The minimum absolute atomic E-state index is 0.0265. The molecule has 1 atom stereocenters. The van der Waals surface area contributed by atoms with Gasteiger partial charge in [-0.05, 0) is 26.8 Å². The standard InChI is InChI=1S/C12H18BNO3/c1-8-12(2,3)17-13(16-8)9-6-5-7-10(14)11(9)15-4/h5-8H,14H2,1-4H3. The first-order valence-corrected chi connectivity index (χ1v) is 5.71. The fourth-order valence-corrected chi connectivity index (χ4v) is 1.88. The van der Waals surface area contributed by atoms with E-state index in [-0.39, 0.29) is 11.7 Å². The van der Waals surface area contributed by atoms with E-state index in [0.29, 0.717) is 11.4 Å². The highest BCUT2D eigenvalue weighted by Crippen LogP contribution is 2.29. The first-order valence-electron chi connectivity index (χ1n) is 5.71. The molecule has 92 valence electrons. The van der Waals surface area contributed by atoms with Gasteiger partial charge in [-0.2, -0.15) is 0 Å². The van der Waals surface area contributed by atoms with E-state index in [1.54, 1.807) is 13.2 Å². The molecule has 5 heteroatoms. The molecule has 1 saturated heterocycles. The quantitative estimate of drug-likeness (QED) is 0.617. The van der Waals surface area contributed by atoms with Crippen LogP contribution >= 0.6 is 0 Å². The van der Waals surface area contributed by atoms with Crippen LogP contribution in [0.25, 0.3) is 0 Å². The lowest BCUT2D eigenvalue weighted by Gasteiger charge is -2.21. The van der Waals surface area contributed by atoms with Gasteiger partial charge in [-0.3, -0.25) is 0 Å². The van der Waals surface area contributed by atoms with Crippen molar-refractivity contribution in [2.24, 2.45) is 0 Å². The van der Waals surface area contributed by atoms with Gasteiger partial charge in [0.05, 0.1) is 24.5 Å². The van der Waals surface area contributed by atoms with Gasteiger partial charge in [0.15, 0.2) is 0 Å². The highest BCUT2D eigenvalue weighted by molar-refractivity contribution is 6.63. The van der Waals surface area contributed by atoms with Crippen molar-refractivity contribution in [3.8, 4) is 5.75 Å². The molecule has 0 aliphatic carbocycles. The lowest BCUT2D eigenvalue weighted by Crippen LogP contribution is -2.35. The number of hydrogen-bond acceptors (Lipinski definition) is 4. The number of para-hydroxylation sites is 1. The molecule has 0 amide bonds. The summed E-state index contributed by atoms with van der Waals surface area (Å²) in [7, 11) is 1.18. The SMILES string of the molecule is COc1c(N)cccc1B1OC(C)C(C)(C)O1. The first kappa shape index (κ1) is 12.3. The average Bonchev–Trinajstić information content (AvgIpc) is 2.53. The fourth-order valence-electron chi connectivity index (χ4n) is 1.88. The van der Waals surface area contributed by atoms with Gasteiger partial charge in [-0.15, -0.1) is 0 Å². The Morgan fingerprint density at radius 3 is 2.65 bits per heavy atom.